The average Bonchev–Trinajstić information content (AvgIpc) is 2.15. The molecule has 1 rings (SSSR count). The van der Waals surface area contributed by atoms with E-state index in [1.807, 2.05) is 26.0 Å². The van der Waals surface area contributed by atoms with Gasteiger partial charge >= 0.3 is 0 Å². The van der Waals surface area contributed by atoms with E-state index in [0.717, 1.165) is 23.7 Å². The van der Waals surface area contributed by atoms with Crippen LogP contribution >= 0.6 is 0 Å². The summed E-state index contributed by atoms with van der Waals surface area (Å²) in [6.45, 7) is 11.5. The molecule has 0 aliphatic rings. The number of nitrogens with two attached hydrogens (primary N) is 1. The van der Waals surface area contributed by atoms with E-state index in [9.17, 15) is 0 Å². The molecule has 0 atom stereocenters. The molecule has 96 valence electrons. The molecule has 0 aromatic heterocycles. The predicted octanol–water partition coefficient (Wildman–Crippen LogP) is 3.29. The van der Waals surface area contributed by atoms with Gasteiger partial charge in [-0.1, -0.05) is 0 Å². The Labute approximate surface area is 105 Å². The summed E-state index contributed by atoms with van der Waals surface area (Å²) >= 11 is 0. The molecule has 0 saturated carbocycles. The highest BCUT2D eigenvalue weighted by Crippen LogP contribution is 2.27. The van der Waals surface area contributed by atoms with E-state index in [-0.39, 0.29) is 6.10 Å². The highest BCUT2D eigenvalue weighted by molar-refractivity contribution is 5.61. The van der Waals surface area contributed by atoms with Crippen LogP contribution in [0.1, 0.15) is 34.6 Å². The monoisotopic (exact) mass is 236 g/mol. The van der Waals surface area contributed by atoms with Gasteiger partial charge in [-0.3, -0.25) is 0 Å². The first-order valence-electron chi connectivity index (χ1n) is 6.28. The summed E-state index contributed by atoms with van der Waals surface area (Å²) in [5.74, 6) is 0.842. The van der Waals surface area contributed by atoms with Crippen LogP contribution in [0.3, 0.4) is 0 Å². The summed E-state index contributed by atoms with van der Waals surface area (Å²) in [5, 5.41) is 0. The molecule has 0 bridgehead atoms. The molecule has 3 nitrogen and oxygen atoms in total. The van der Waals surface area contributed by atoms with Crippen molar-refractivity contribution in [2.75, 3.05) is 17.2 Å². The first-order valence-corrected chi connectivity index (χ1v) is 6.28. The zero-order chi connectivity index (χ0) is 13.0. The van der Waals surface area contributed by atoms with Crippen molar-refractivity contribution in [1.82, 2.24) is 0 Å². The Kier molecular flexibility index (Phi) is 4.67. The second kappa shape index (κ2) is 5.80. The zero-order valence-corrected chi connectivity index (χ0v) is 11.5. The molecule has 0 aliphatic carbocycles. The van der Waals surface area contributed by atoms with Crippen LogP contribution in [-0.2, 0) is 0 Å². The van der Waals surface area contributed by atoms with Crippen molar-refractivity contribution in [3.05, 3.63) is 18.2 Å². The van der Waals surface area contributed by atoms with Crippen LogP contribution in [0.5, 0.6) is 5.75 Å². The van der Waals surface area contributed by atoms with E-state index in [1.54, 1.807) is 0 Å². The van der Waals surface area contributed by atoms with Crippen molar-refractivity contribution in [2.45, 2.75) is 46.8 Å². The van der Waals surface area contributed by atoms with Gasteiger partial charge in [-0.25, -0.2) is 0 Å². The third-order valence-corrected chi connectivity index (χ3v) is 2.58. The third-order valence-electron chi connectivity index (χ3n) is 2.58. The lowest BCUT2D eigenvalue weighted by molar-refractivity contribution is 0.242. The molecular formula is C14H24N2O. The molecular weight excluding hydrogens is 212 g/mol. The number of nitrogen functional groups attached to an aromatic ring is 1. The van der Waals surface area contributed by atoms with E-state index in [4.69, 9.17) is 10.5 Å². The van der Waals surface area contributed by atoms with Crippen LogP contribution in [-0.4, -0.2) is 18.7 Å². The van der Waals surface area contributed by atoms with Gasteiger partial charge < -0.3 is 15.4 Å². The van der Waals surface area contributed by atoms with Crippen LogP contribution in [0.15, 0.2) is 18.2 Å². The van der Waals surface area contributed by atoms with Gasteiger partial charge in [-0.05, 0) is 40.7 Å². The third kappa shape index (κ3) is 3.84. The van der Waals surface area contributed by atoms with Crippen molar-refractivity contribution in [3.63, 3.8) is 0 Å². The summed E-state index contributed by atoms with van der Waals surface area (Å²) in [6, 6.07) is 6.38. The minimum atomic E-state index is 0.166. The van der Waals surface area contributed by atoms with Crippen LogP contribution < -0.4 is 15.4 Å². The molecule has 0 aliphatic heterocycles. The molecule has 3 heteroatoms. The van der Waals surface area contributed by atoms with E-state index in [2.05, 4.69) is 31.7 Å². The van der Waals surface area contributed by atoms with E-state index >= 15 is 0 Å². The molecule has 1 aromatic carbocycles. The second-order valence-corrected chi connectivity index (χ2v) is 4.81. The largest absolute Gasteiger partial charge is 0.491 e. The summed E-state index contributed by atoms with van der Waals surface area (Å²) in [4.78, 5) is 2.30. The fourth-order valence-corrected chi connectivity index (χ4v) is 1.96. The molecule has 0 amide bonds. The first-order chi connectivity index (χ1) is 7.93. The maximum absolute atomic E-state index is 5.92. The van der Waals surface area contributed by atoms with Gasteiger partial charge in [-0.15, -0.1) is 0 Å². The molecule has 0 saturated heterocycles. The smallest absolute Gasteiger partial charge is 0.123 e. The predicted molar refractivity (Wildman–Crippen MR) is 74.8 cm³/mol. The van der Waals surface area contributed by atoms with Gasteiger partial charge in [0, 0.05) is 36.1 Å². The van der Waals surface area contributed by atoms with Crippen LogP contribution in [0, 0.1) is 0 Å². The number of anilines is 2. The van der Waals surface area contributed by atoms with Crippen LogP contribution in [0.2, 0.25) is 0 Å². The number of nitrogens with zero attached hydrogens (tertiary/aromatic N) is 1. The highest BCUT2D eigenvalue weighted by atomic mass is 16.5. The number of ether oxygens (including phenoxy) is 1. The van der Waals surface area contributed by atoms with Gasteiger partial charge in [0.25, 0.3) is 0 Å². The van der Waals surface area contributed by atoms with E-state index < -0.39 is 0 Å². The Balaban J connectivity index is 3.03. The standard InChI is InChI=1S/C14H24N2O/c1-6-16(10(2)3)13-7-12(15)8-14(9-13)17-11(4)5/h7-11H,6,15H2,1-5H3. The molecule has 0 radical (unpaired) electrons. The lowest BCUT2D eigenvalue weighted by atomic mass is 10.2. The molecule has 2 N–H and O–H groups in total. The van der Waals surface area contributed by atoms with Crippen molar-refractivity contribution >= 4 is 11.4 Å². The number of benzene rings is 1. The lowest BCUT2D eigenvalue weighted by Crippen LogP contribution is -2.30. The fourth-order valence-electron chi connectivity index (χ4n) is 1.96. The maximum atomic E-state index is 5.92. The normalized spacial score (nSPS) is 11.0. The summed E-state index contributed by atoms with van der Waals surface area (Å²) < 4.78 is 5.70. The van der Waals surface area contributed by atoms with Crippen molar-refractivity contribution in [3.8, 4) is 5.75 Å². The lowest BCUT2D eigenvalue weighted by Gasteiger charge is -2.28. The number of hydrogen-bond donors (Lipinski definition) is 1. The van der Waals surface area contributed by atoms with Crippen LogP contribution in [0.25, 0.3) is 0 Å². The van der Waals surface area contributed by atoms with Gasteiger partial charge in [0.15, 0.2) is 0 Å². The number of rotatable bonds is 5. The molecule has 0 unspecified atom stereocenters. The van der Waals surface area contributed by atoms with E-state index in [0.29, 0.717) is 6.04 Å². The van der Waals surface area contributed by atoms with Crippen LogP contribution in [0.4, 0.5) is 11.4 Å². The fraction of sp³-hybridized carbons (Fsp3) is 0.571. The Hall–Kier alpha value is -1.38. The van der Waals surface area contributed by atoms with Gasteiger partial charge in [0.2, 0.25) is 0 Å². The number of hydrogen-bond acceptors (Lipinski definition) is 3. The topological polar surface area (TPSA) is 38.5 Å². The molecule has 0 fully saturated rings. The van der Waals surface area contributed by atoms with Crippen molar-refractivity contribution < 1.29 is 4.74 Å². The molecule has 17 heavy (non-hydrogen) atoms. The Bertz CT molecular complexity index is 361. The minimum Gasteiger partial charge on any atom is -0.491 e. The van der Waals surface area contributed by atoms with Crippen molar-refractivity contribution in [2.24, 2.45) is 0 Å². The van der Waals surface area contributed by atoms with Gasteiger partial charge in [0.05, 0.1) is 6.10 Å². The summed E-state index contributed by atoms with van der Waals surface area (Å²) in [5.41, 5.74) is 7.79. The summed E-state index contributed by atoms with van der Waals surface area (Å²) in [7, 11) is 0. The quantitative estimate of drug-likeness (QED) is 0.797. The molecule has 1 aromatic rings. The van der Waals surface area contributed by atoms with Gasteiger partial charge in [-0.2, -0.15) is 0 Å². The Morgan fingerprint density at radius 2 is 1.82 bits per heavy atom. The average molecular weight is 236 g/mol. The van der Waals surface area contributed by atoms with Gasteiger partial charge in [0.1, 0.15) is 5.75 Å². The SMILES string of the molecule is CCN(c1cc(N)cc(OC(C)C)c1)C(C)C. The Morgan fingerprint density at radius 1 is 1.18 bits per heavy atom. The highest BCUT2D eigenvalue weighted by Gasteiger charge is 2.10. The maximum Gasteiger partial charge on any atom is 0.123 e. The second-order valence-electron chi connectivity index (χ2n) is 4.81. The zero-order valence-electron chi connectivity index (χ0n) is 11.5. The summed E-state index contributed by atoms with van der Waals surface area (Å²) in [6.07, 6.45) is 0.166. The first kappa shape index (κ1) is 13.7. The van der Waals surface area contributed by atoms with Crippen molar-refractivity contribution in [1.29, 1.82) is 0 Å². The minimum absolute atomic E-state index is 0.166. The molecule has 0 heterocycles. The van der Waals surface area contributed by atoms with E-state index in [1.165, 1.54) is 0 Å². The molecule has 0 spiro atoms. The Morgan fingerprint density at radius 3 is 2.29 bits per heavy atom.